The van der Waals surface area contributed by atoms with Crippen LogP contribution in [0.4, 0.5) is 0 Å². The van der Waals surface area contributed by atoms with Crippen molar-refractivity contribution in [1.29, 1.82) is 0 Å². The lowest BCUT2D eigenvalue weighted by Crippen LogP contribution is -2.57. The van der Waals surface area contributed by atoms with E-state index in [9.17, 15) is 8.42 Å². The van der Waals surface area contributed by atoms with Crippen molar-refractivity contribution in [3.8, 4) is 0 Å². The molecule has 0 unspecified atom stereocenters. The largest absolute Gasteiger partial charge is 0.310 e. The molecule has 3 aliphatic carbocycles. The van der Waals surface area contributed by atoms with Crippen molar-refractivity contribution in [3.05, 3.63) is 34.3 Å². The predicted molar refractivity (Wildman–Crippen MR) is 72.8 cm³/mol. The summed E-state index contributed by atoms with van der Waals surface area (Å²) in [5, 5.41) is 0. The van der Waals surface area contributed by atoms with E-state index < -0.39 is 15.6 Å². The first-order chi connectivity index (χ1) is 8.89. The van der Waals surface area contributed by atoms with Gasteiger partial charge in [-0.25, -0.2) is 19.7 Å². The highest BCUT2D eigenvalue weighted by atomic mass is 79.9. The van der Waals surface area contributed by atoms with Crippen LogP contribution in [-0.4, -0.2) is 24.5 Å². The standard InChI is InChI=1S/C12H12BrN3O2S/c1-14-11-2-3-12(7-11,8-11)16-19(17,18)10-4-9(13)5-15-6-10/h4-6,16H,2-3,7-8H2. The normalized spacial score (nSPS) is 32.6. The Kier molecular flexibility index (Phi) is 2.75. The number of fused-ring (bicyclic) bond motifs is 1. The molecule has 100 valence electrons. The molecule has 4 rings (SSSR count). The Balaban J connectivity index is 1.83. The molecule has 0 aliphatic heterocycles. The van der Waals surface area contributed by atoms with E-state index in [-0.39, 0.29) is 10.4 Å². The number of hydrogen-bond acceptors (Lipinski definition) is 3. The van der Waals surface area contributed by atoms with E-state index in [4.69, 9.17) is 6.57 Å². The van der Waals surface area contributed by atoms with Gasteiger partial charge in [-0.15, -0.1) is 0 Å². The minimum atomic E-state index is -3.57. The van der Waals surface area contributed by atoms with Gasteiger partial charge in [-0.1, -0.05) is 0 Å². The molecule has 0 radical (unpaired) electrons. The van der Waals surface area contributed by atoms with E-state index in [1.807, 2.05) is 0 Å². The summed E-state index contributed by atoms with van der Waals surface area (Å²) in [4.78, 5) is 7.67. The zero-order chi connectivity index (χ0) is 13.7. The Labute approximate surface area is 120 Å². The van der Waals surface area contributed by atoms with Crippen LogP contribution in [0.5, 0.6) is 0 Å². The van der Waals surface area contributed by atoms with Crippen LogP contribution in [-0.2, 0) is 10.0 Å². The van der Waals surface area contributed by atoms with Gasteiger partial charge in [0.2, 0.25) is 15.6 Å². The van der Waals surface area contributed by atoms with Crippen molar-refractivity contribution in [2.75, 3.05) is 0 Å². The van der Waals surface area contributed by atoms with E-state index in [0.717, 1.165) is 12.8 Å². The molecule has 5 nitrogen and oxygen atoms in total. The summed E-state index contributed by atoms with van der Waals surface area (Å²) in [7, 11) is -3.57. The molecule has 19 heavy (non-hydrogen) atoms. The molecule has 3 aliphatic rings. The van der Waals surface area contributed by atoms with Crippen LogP contribution in [0.3, 0.4) is 0 Å². The van der Waals surface area contributed by atoms with Crippen molar-refractivity contribution in [1.82, 2.24) is 9.71 Å². The molecule has 1 heterocycles. The molecule has 0 saturated heterocycles. The third-order valence-corrected chi connectivity index (χ3v) is 5.96. The first-order valence-electron chi connectivity index (χ1n) is 5.92. The molecule has 0 atom stereocenters. The second kappa shape index (κ2) is 4.01. The molecule has 0 aromatic carbocycles. The van der Waals surface area contributed by atoms with Crippen LogP contribution in [0, 0.1) is 6.57 Å². The maximum absolute atomic E-state index is 12.3. The quantitative estimate of drug-likeness (QED) is 0.856. The van der Waals surface area contributed by atoms with Gasteiger partial charge in [-0.3, -0.25) is 4.98 Å². The topological polar surface area (TPSA) is 63.4 Å². The number of rotatable bonds is 3. The zero-order valence-corrected chi connectivity index (χ0v) is 12.5. The first-order valence-corrected chi connectivity index (χ1v) is 8.20. The fraction of sp³-hybridized carbons (Fsp3) is 0.500. The van der Waals surface area contributed by atoms with E-state index in [0.29, 0.717) is 17.3 Å². The second-order valence-corrected chi connectivity index (χ2v) is 8.01. The highest BCUT2D eigenvalue weighted by molar-refractivity contribution is 9.10. The summed E-state index contributed by atoms with van der Waals surface area (Å²) >= 11 is 3.22. The predicted octanol–water partition coefficient (Wildman–Crippen LogP) is 2.11. The molecule has 2 bridgehead atoms. The number of hydrogen-bond donors (Lipinski definition) is 1. The number of halogens is 1. The Morgan fingerprint density at radius 2 is 2.11 bits per heavy atom. The Hall–Kier alpha value is -0.970. The number of nitrogens with zero attached hydrogens (tertiary/aromatic N) is 2. The molecule has 3 fully saturated rings. The fourth-order valence-corrected chi connectivity index (χ4v) is 5.11. The average Bonchev–Trinajstić information content (AvgIpc) is 2.83. The van der Waals surface area contributed by atoms with Crippen molar-refractivity contribution in [2.45, 2.75) is 41.7 Å². The molecular formula is C12H12BrN3O2S. The number of nitrogens with one attached hydrogen (secondary N) is 1. The summed E-state index contributed by atoms with van der Waals surface area (Å²) in [5.74, 6) is 0. The summed E-state index contributed by atoms with van der Waals surface area (Å²) in [6.45, 7) is 7.18. The monoisotopic (exact) mass is 341 g/mol. The molecule has 0 spiro atoms. The van der Waals surface area contributed by atoms with Crippen LogP contribution in [0.25, 0.3) is 4.85 Å². The van der Waals surface area contributed by atoms with Crippen LogP contribution in [0.2, 0.25) is 0 Å². The lowest BCUT2D eigenvalue weighted by molar-refractivity contribution is 0.218. The molecule has 0 amide bonds. The Morgan fingerprint density at radius 3 is 2.68 bits per heavy atom. The van der Waals surface area contributed by atoms with Gasteiger partial charge in [0.15, 0.2) is 0 Å². The van der Waals surface area contributed by atoms with Gasteiger partial charge in [0.05, 0.1) is 0 Å². The SMILES string of the molecule is [C-]#[N+]C12CCC(NS(=O)(=O)c3cncc(Br)c3)(C1)C2. The van der Waals surface area contributed by atoms with Crippen molar-refractivity contribution < 1.29 is 8.42 Å². The summed E-state index contributed by atoms with van der Waals surface area (Å²) in [5.41, 5.74) is -0.719. The van der Waals surface area contributed by atoms with E-state index in [2.05, 4.69) is 30.5 Å². The molecule has 1 aromatic heterocycles. The van der Waals surface area contributed by atoms with Gasteiger partial charge < -0.3 is 4.85 Å². The summed E-state index contributed by atoms with van der Waals surface area (Å²) < 4.78 is 28.0. The van der Waals surface area contributed by atoms with Crippen molar-refractivity contribution in [2.24, 2.45) is 0 Å². The first kappa shape index (κ1) is 13.0. The highest BCUT2D eigenvalue weighted by Crippen LogP contribution is 2.57. The lowest BCUT2D eigenvalue weighted by Gasteiger charge is -2.39. The second-order valence-electron chi connectivity index (χ2n) is 5.41. The minimum absolute atomic E-state index is 0.156. The number of pyridine rings is 1. The maximum atomic E-state index is 12.3. The van der Waals surface area contributed by atoms with Gasteiger partial charge in [0.25, 0.3) is 0 Å². The maximum Gasteiger partial charge on any atom is 0.242 e. The van der Waals surface area contributed by atoms with Gasteiger partial charge in [0, 0.05) is 41.7 Å². The van der Waals surface area contributed by atoms with Gasteiger partial charge in [-0.05, 0) is 28.4 Å². The number of aromatic nitrogens is 1. The van der Waals surface area contributed by atoms with Crippen molar-refractivity contribution in [3.63, 3.8) is 0 Å². The number of sulfonamides is 1. The van der Waals surface area contributed by atoms with E-state index >= 15 is 0 Å². The zero-order valence-electron chi connectivity index (χ0n) is 10.1. The third-order valence-electron chi connectivity index (χ3n) is 3.98. The molecular weight excluding hydrogens is 330 g/mol. The Morgan fingerprint density at radius 1 is 1.37 bits per heavy atom. The molecule has 1 aromatic rings. The van der Waals surface area contributed by atoms with Crippen LogP contribution < -0.4 is 4.72 Å². The summed E-state index contributed by atoms with van der Waals surface area (Å²) in [6, 6.07) is 1.53. The summed E-state index contributed by atoms with van der Waals surface area (Å²) in [6.07, 6.45) is 5.67. The Bertz CT molecular complexity index is 674. The average molecular weight is 342 g/mol. The molecule has 3 saturated carbocycles. The lowest BCUT2D eigenvalue weighted by atomic mass is 9.72. The van der Waals surface area contributed by atoms with Crippen LogP contribution in [0.1, 0.15) is 25.7 Å². The molecule has 7 heteroatoms. The molecule has 1 N–H and O–H groups in total. The van der Waals surface area contributed by atoms with E-state index in [1.165, 1.54) is 12.3 Å². The smallest absolute Gasteiger partial charge is 0.242 e. The fourth-order valence-electron chi connectivity index (χ4n) is 3.17. The van der Waals surface area contributed by atoms with E-state index in [1.54, 1.807) is 6.20 Å². The van der Waals surface area contributed by atoms with Gasteiger partial charge in [0.1, 0.15) is 4.90 Å². The van der Waals surface area contributed by atoms with Gasteiger partial charge in [-0.2, -0.15) is 0 Å². The minimum Gasteiger partial charge on any atom is -0.310 e. The highest BCUT2D eigenvalue weighted by Gasteiger charge is 2.67. The van der Waals surface area contributed by atoms with Crippen LogP contribution in [0.15, 0.2) is 27.8 Å². The van der Waals surface area contributed by atoms with Crippen molar-refractivity contribution >= 4 is 26.0 Å². The van der Waals surface area contributed by atoms with Gasteiger partial charge >= 0.3 is 0 Å². The third kappa shape index (κ3) is 2.08. The van der Waals surface area contributed by atoms with Crippen LogP contribution >= 0.6 is 15.9 Å².